The molecule has 0 aliphatic heterocycles. The van der Waals surface area contributed by atoms with Crippen molar-refractivity contribution in [1.82, 2.24) is 10.3 Å². The molecule has 2 rings (SSSR count). The van der Waals surface area contributed by atoms with Gasteiger partial charge < -0.3 is 5.32 Å². The fourth-order valence-corrected chi connectivity index (χ4v) is 3.00. The molecule has 2 nitrogen and oxygen atoms in total. The molecule has 0 bridgehead atoms. The molecule has 0 amide bonds. The zero-order valence-electron chi connectivity index (χ0n) is 11.3. The first-order valence-corrected chi connectivity index (χ1v) is 7.07. The number of pyridine rings is 1. The van der Waals surface area contributed by atoms with Gasteiger partial charge in [0.25, 0.3) is 0 Å². The first kappa shape index (κ1) is 13.5. The van der Waals surface area contributed by atoms with E-state index in [4.69, 9.17) is 0 Å². The van der Waals surface area contributed by atoms with Crippen LogP contribution in [0, 0.1) is 11.7 Å². The van der Waals surface area contributed by atoms with Gasteiger partial charge in [0.15, 0.2) is 0 Å². The zero-order valence-corrected chi connectivity index (χ0v) is 11.3. The summed E-state index contributed by atoms with van der Waals surface area (Å²) in [5.41, 5.74) is 0.940. The van der Waals surface area contributed by atoms with Gasteiger partial charge in [0, 0.05) is 18.3 Å². The number of nitrogens with zero attached hydrogens (tertiary/aromatic N) is 1. The van der Waals surface area contributed by atoms with Gasteiger partial charge in [0.2, 0.25) is 0 Å². The number of hydrogen-bond donors (Lipinski definition) is 1. The Labute approximate surface area is 109 Å². The molecule has 1 aliphatic carbocycles. The van der Waals surface area contributed by atoms with Crippen LogP contribution in [0.5, 0.6) is 0 Å². The van der Waals surface area contributed by atoms with E-state index in [1.54, 1.807) is 12.3 Å². The van der Waals surface area contributed by atoms with E-state index in [2.05, 4.69) is 24.1 Å². The van der Waals surface area contributed by atoms with E-state index in [-0.39, 0.29) is 11.9 Å². The van der Waals surface area contributed by atoms with Gasteiger partial charge in [-0.2, -0.15) is 0 Å². The molecule has 3 heteroatoms. The monoisotopic (exact) mass is 250 g/mol. The molecule has 3 atom stereocenters. The molecule has 0 radical (unpaired) electrons. The van der Waals surface area contributed by atoms with Crippen LogP contribution in [-0.4, -0.2) is 11.0 Å². The molecular formula is C15H23FN2. The molecule has 1 saturated carbocycles. The van der Waals surface area contributed by atoms with E-state index < -0.39 is 0 Å². The molecule has 1 fully saturated rings. The third-order valence-electron chi connectivity index (χ3n) is 4.12. The van der Waals surface area contributed by atoms with Crippen LogP contribution >= 0.6 is 0 Å². The Balaban J connectivity index is 1.99. The largest absolute Gasteiger partial charge is 0.307 e. The highest BCUT2D eigenvalue weighted by Gasteiger charge is 2.25. The minimum absolute atomic E-state index is 0.172. The summed E-state index contributed by atoms with van der Waals surface area (Å²) in [5, 5.41) is 3.66. The SMILES string of the molecule is CCC1CCCCC1NC(C)c1cncc(F)c1. The highest BCUT2D eigenvalue weighted by atomic mass is 19.1. The molecule has 0 spiro atoms. The maximum atomic E-state index is 13.2. The summed E-state index contributed by atoms with van der Waals surface area (Å²) in [7, 11) is 0. The Hall–Kier alpha value is -0.960. The molecule has 1 heterocycles. The van der Waals surface area contributed by atoms with Crippen molar-refractivity contribution in [2.75, 3.05) is 0 Å². The van der Waals surface area contributed by atoms with Crippen molar-refractivity contribution in [2.45, 2.75) is 58.0 Å². The predicted molar refractivity (Wildman–Crippen MR) is 71.8 cm³/mol. The Kier molecular flexibility index (Phi) is 4.70. The summed E-state index contributed by atoms with van der Waals surface area (Å²) in [6, 6.07) is 2.32. The van der Waals surface area contributed by atoms with Crippen molar-refractivity contribution in [2.24, 2.45) is 5.92 Å². The highest BCUT2D eigenvalue weighted by molar-refractivity contribution is 5.14. The molecule has 1 aromatic rings. The number of halogens is 1. The molecule has 0 saturated heterocycles. The van der Waals surface area contributed by atoms with Gasteiger partial charge in [-0.05, 0) is 37.3 Å². The molecule has 1 aliphatic rings. The normalized spacial score (nSPS) is 25.9. The fourth-order valence-electron chi connectivity index (χ4n) is 3.00. The smallest absolute Gasteiger partial charge is 0.141 e. The van der Waals surface area contributed by atoms with Gasteiger partial charge in [0.05, 0.1) is 6.20 Å². The van der Waals surface area contributed by atoms with E-state index >= 15 is 0 Å². The number of hydrogen-bond acceptors (Lipinski definition) is 2. The minimum atomic E-state index is -0.253. The average Bonchev–Trinajstić information content (AvgIpc) is 2.39. The maximum absolute atomic E-state index is 13.2. The first-order chi connectivity index (χ1) is 8.70. The van der Waals surface area contributed by atoms with Crippen molar-refractivity contribution in [3.8, 4) is 0 Å². The quantitative estimate of drug-likeness (QED) is 0.878. The Morgan fingerprint density at radius 2 is 2.17 bits per heavy atom. The number of nitrogens with one attached hydrogen (secondary N) is 1. The van der Waals surface area contributed by atoms with Crippen LogP contribution in [-0.2, 0) is 0 Å². The van der Waals surface area contributed by atoms with Crippen LogP contribution in [0.3, 0.4) is 0 Å². The Morgan fingerprint density at radius 1 is 1.39 bits per heavy atom. The molecule has 1 aromatic heterocycles. The summed E-state index contributed by atoms with van der Waals surface area (Å²) in [5.74, 6) is 0.513. The summed E-state index contributed by atoms with van der Waals surface area (Å²) < 4.78 is 13.2. The summed E-state index contributed by atoms with van der Waals surface area (Å²) in [6.45, 7) is 4.36. The summed E-state index contributed by atoms with van der Waals surface area (Å²) in [6.07, 6.45) is 9.46. The van der Waals surface area contributed by atoms with Gasteiger partial charge >= 0.3 is 0 Å². The summed E-state index contributed by atoms with van der Waals surface area (Å²) >= 11 is 0. The zero-order chi connectivity index (χ0) is 13.0. The lowest BCUT2D eigenvalue weighted by Crippen LogP contribution is -2.39. The molecule has 0 aromatic carbocycles. The second-order valence-corrected chi connectivity index (χ2v) is 5.38. The highest BCUT2D eigenvalue weighted by Crippen LogP contribution is 2.28. The van der Waals surface area contributed by atoms with Crippen LogP contribution in [0.15, 0.2) is 18.5 Å². The second kappa shape index (κ2) is 6.28. The van der Waals surface area contributed by atoms with E-state index in [1.807, 2.05) is 0 Å². The lowest BCUT2D eigenvalue weighted by atomic mass is 9.82. The molecule has 18 heavy (non-hydrogen) atoms. The van der Waals surface area contributed by atoms with Gasteiger partial charge in [-0.25, -0.2) is 4.39 Å². The van der Waals surface area contributed by atoms with Crippen LogP contribution in [0.1, 0.15) is 57.6 Å². The van der Waals surface area contributed by atoms with E-state index in [0.29, 0.717) is 6.04 Å². The van der Waals surface area contributed by atoms with Gasteiger partial charge in [-0.15, -0.1) is 0 Å². The fraction of sp³-hybridized carbons (Fsp3) is 0.667. The van der Waals surface area contributed by atoms with E-state index in [9.17, 15) is 4.39 Å². The van der Waals surface area contributed by atoms with Gasteiger partial charge in [0.1, 0.15) is 5.82 Å². The summed E-state index contributed by atoms with van der Waals surface area (Å²) in [4.78, 5) is 3.92. The molecular weight excluding hydrogens is 227 g/mol. The minimum Gasteiger partial charge on any atom is -0.307 e. The predicted octanol–water partition coefficient (Wildman–Crippen LogP) is 3.84. The van der Waals surface area contributed by atoms with Gasteiger partial charge in [-0.3, -0.25) is 4.98 Å². The standard InChI is InChI=1S/C15H23FN2/c1-3-12-6-4-5-7-15(12)18-11(2)13-8-14(16)10-17-9-13/h8-12,15,18H,3-7H2,1-2H3. The third kappa shape index (κ3) is 3.29. The topological polar surface area (TPSA) is 24.9 Å². The van der Waals surface area contributed by atoms with Crippen molar-refractivity contribution in [3.05, 3.63) is 29.8 Å². The lowest BCUT2D eigenvalue weighted by molar-refractivity contribution is 0.240. The number of rotatable bonds is 4. The number of aromatic nitrogens is 1. The average molecular weight is 250 g/mol. The molecule has 100 valence electrons. The lowest BCUT2D eigenvalue weighted by Gasteiger charge is -2.34. The van der Waals surface area contributed by atoms with Crippen LogP contribution in [0.25, 0.3) is 0 Å². The second-order valence-electron chi connectivity index (χ2n) is 5.38. The van der Waals surface area contributed by atoms with Gasteiger partial charge in [-0.1, -0.05) is 26.2 Å². The first-order valence-electron chi connectivity index (χ1n) is 7.07. The van der Waals surface area contributed by atoms with Crippen molar-refractivity contribution in [1.29, 1.82) is 0 Å². The van der Waals surface area contributed by atoms with Crippen LogP contribution in [0.4, 0.5) is 4.39 Å². The van der Waals surface area contributed by atoms with E-state index in [1.165, 1.54) is 38.3 Å². The Morgan fingerprint density at radius 3 is 2.89 bits per heavy atom. The Bertz CT molecular complexity index is 381. The van der Waals surface area contributed by atoms with Crippen molar-refractivity contribution >= 4 is 0 Å². The third-order valence-corrected chi connectivity index (χ3v) is 4.12. The van der Waals surface area contributed by atoms with E-state index in [0.717, 1.165) is 11.5 Å². The van der Waals surface area contributed by atoms with Crippen LogP contribution in [0.2, 0.25) is 0 Å². The molecule has 3 unspecified atom stereocenters. The van der Waals surface area contributed by atoms with Crippen molar-refractivity contribution < 1.29 is 4.39 Å². The van der Waals surface area contributed by atoms with Crippen molar-refractivity contribution in [3.63, 3.8) is 0 Å². The molecule has 1 N–H and O–H groups in total. The van der Waals surface area contributed by atoms with Crippen LogP contribution < -0.4 is 5.32 Å². The maximum Gasteiger partial charge on any atom is 0.141 e.